The highest BCUT2D eigenvalue weighted by atomic mass is 35.5. The van der Waals surface area contributed by atoms with Gasteiger partial charge in [-0.25, -0.2) is 0 Å². The van der Waals surface area contributed by atoms with Gasteiger partial charge in [-0.3, -0.25) is 0 Å². The van der Waals surface area contributed by atoms with Gasteiger partial charge >= 0.3 is 0 Å². The van der Waals surface area contributed by atoms with Crippen LogP contribution in [0.3, 0.4) is 0 Å². The maximum absolute atomic E-state index is 6.02. The number of allylic oxidation sites excluding steroid dienone is 1. The quantitative estimate of drug-likeness (QED) is 0.576. The first-order valence-electron chi connectivity index (χ1n) is 5.73. The lowest BCUT2D eigenvalue weighted by molar-refractivity contribution is 0.530. The van der Waals surface area contributed by atoms with Crippen LogP contribution in [0.15, 0.2) is 30.9 Å². The molecular weight excluding hydrogens is 218 g/mol. The smallest absolute Gasteiger partial charge is 0.0435 e. The van der Waals surface area contributed by atoms with E-state index in [0.717, 1.165) is 29.8 Å². The summed E-state index contributed by atoms with van der Waals surface area (Å²) in [4.78, 5) is 0. The van der Waals surface area contributed by atoms with E-state index in [1.54, 1.807) is 0 Å². The van der Waals surface area contributed by atoms with Gasteiger partial charge in [-0.15, -0.1) is 6.58 Å². The minimum atomic E-state index is 0.413. The lowest BCUT2D eigenvalue weighted by Crippen LogP contribution is -2.16. The van der Waals surface area contributed by atoms with Crippen LogP contribution in [-0.4, -0.2) is 7.05 Å². The van der Waals surface area contributed by atoms with E-state index in [4.69, 9.17) is 11.6 Å². The number of rotatable bonds is 6. The van der Waals surface area contributed by atoms with Crippen molar-refractivity contribution in [1.29, 1.82) is 0 Å². The van der Waals surface area contributed by atoms with Gasteiger partial charge in [0.15, 0.2) is 0 Å². The first-order valence-corrected chi connectivity index (χ1v) is 6.11. The second-order valence-corrected chi connectivity index (χ2v) is 4.48. The van der Waals surface area contributed by atoms with E-state index in [2.05, 4.69) is 24.0 Å². The number of aryl methyl sites for hydroxylation is 1. The Morgan fingerprint density at radius 2 is 2.25 bits per heavy atom. The van der Waals surface area contributed by atoms with Gasteiger partial charge in [0.1, 0.15) is 0 Å². The van der Waals surface area contributed by atoms with Gasteiger partial charge in [0, 0.05) is 11.1 Å². The predicted octanol–water partition coefficient (Wildman–Crippen LogP) is 4.27. The molecular formula is C14H20ClN. The zero-order chi connectivity index (χ0) is 12.0. The first kappa shape index (κ1) is 13.3. The number of hydrogen-bond donors (Lipinski definition) is 1. The van der Waals surface area contributed by atoms with E-state index in [0.29, 0.717) is 6.04 Å². The van der Waals surface area contributed by atoms with E-state index in [9.17, 15) is 0 Å². The highest BCUT2D eigenvalue weighted by Crippen LogP contribution is 2.23. The fourth-order valence-corrected chi connectivity index (χ4v) is 1.95. The Balaban J connectivity index is 2.70. The topological polar surface area (TPSA) is 12.0 Å². The third-order valence-electron chi connectivity index (χ3n) is 2.83. The Hall–Kier alpha value is -0.790. The second kappa shape index (κ2) is 6.72. The van der Waals surface area contributed by atoms with Crippen molar-refractivity contribution >= 4 is 11.6 Å². The van der Waals surface area contributed by atoms with Crippen molar-refractivity contribution < 1.29 is 0 Å². The number of nitrogens with one attached hydrogen (secondary N) is 1. The highest BCUT2D eigenvalue weighted by Gasteiger charge is 2.09. The molecule has 0 fully saturated rings. The standard InChI is InChI=1S/C14H20ClN/c1-4-5-6-7-14(16-3)12-8-9-13(15)11(2)10-12/h4,8-10,14,16H,1,5-7H2,2-3H3. The molecule has 0 aliphatic carbocycles. The Bertz CT molecular complexity index is 347. The summed E-state index contributed by atoms with van der Waals surface area (Å²) in [6.07, 6.45) is 5.34. The second-order valence-electron chi connectivity index (χ2n) is 4.07. The molecule has 0 bridgehead atoms. The fraction of sp³-hybridized carbons (Fsp3) is 0.429. The highest BCUT2D eigenvalue weighted by molar-refractivity contribution is 6.31. The molecule has 0 saturated heterocycles. The van der Waals surface area contributed by atoms with Gasteiger partial charge < -0.3 is 5.32 Å². The van der Waals surface area contributed by atoms with Gasteiger partial charge in [-0.2, -0.15) is 0 Å². The molecule has 0 aliphatic heterocycles. The zero-order valence-electron chi connectivity index (χ0n) is 10.1. The Labute approximate surface area is 104 Å². The monoisotopic (exact) mass is 237 g/mol. The maximum atomic E-state index is 6.02. The molecule has 1 aromatic rings. The first-order chi connectivity index (χ1) is 7.69. The fourth-order valence-electron chi connectivity index (χ4n) is 1.83. The van der Waals surface area contributed by atoms with Crippen molar-refractivity contribution in [2.24, 2.45) is 0 Å². The van der Waals surface area contributed by atoms with Crippen molar-refractivity contribution in [3.63, 3.8) is 0 Å². The Morgan fingerprint density at radius 3 is 2.81 bits per heavy atom. The number of halogens is 1. The molecule has 1 nitrogen and oxygen atoms in total. The number of benzene rings is 1. The molecule has 1 unspecified atom stereocenters. The zero-order valence-corrected chi connectivity index (χ0v) is 10.8. The van der Waals surface area contributed by atoms with Crippen molar-refractivity contribution in [2.75, 3.05) is 7.05 Å². The molecule has 1 atom stereocenters. The molecule has 16 heavy (non-hydrogen) atoms. The molecule has 2 heteroatoms. The van der Waals surface area contributed by atoms with E-state index in [-0.39, 0.29) is 0 Å². The molecule has 0 aromatic heterocycles. The van der Waals surface area contributed by atoms with Crippen molar-refractivity contribution in [1.82, 2.24) is 5.32 Å². The maximum Gasteiger partial charge on any atom is 0.0435 e. The van der Waals surface area contributed by atoms with Gasteiger partial charge in [-0.05, 0) is 50.4 Å². The average molecular weight is 238 g/mol. The van der Waals surface area contributed by atoms with Crippen LogP contribution in [0, 0.1) is 6.92 Å². The molecule has 1 rings (SSSR count). The van der Waals surface area contributed by atoms with Gasteiger partial charge in [0.25, 0.3) is 0 Å². The summed E-state index contributed by atoms with van der Waals surface area (Å²) in [7, 11) is 2.00. The molecule has 0 amide bonds. The van der Waals surface area contributed by atoms with Crippen molar-refractivity contribution in [2.45, 2.75) is 32.2 Å². The molecule has 1 aromatic carbocycles. The minimum absolute atomic E-state index is 0.413. The van der Waals surface area contributed by atoms with Crippen LogP contribution in [0.1, 0.15) is 36.4 Å². The van der Waals surface area contributed by atoms with E-state index in [1.165, 1.54) is 5.56 Å². The van der Waals surface area contributed by atoms with E-state index >= 15 is 0 Å². The Kier molecular flexibility index (Phi) is 5.58. The van der Waals surface area contributed by atoms with Crippen LogP contribution in [0.4, 0.5) is 0 Å². The lowest BCUT2D eigenvalue weighted by atomic mass is 9.99. The minimum Gasteiger partial charge on any atom is -0.313 e. The average Bonchev–Trinajstić information content (AvgIpc) is 2.29. The lowest BCUT2D eigenvalue weighted by Gasteiger charge is -2.17. The summed E-state index contributed by atoms with van der Waals surface area (Å²) in [5.41, 5.74) is 2.46. The van der Waals surface area contributed by atoms with Gasteiger partial charge in [0.2, 0.25) is 0 Å². The molecule has 0 saturated carbocycles. The number of hydrogen-bond acceptors (Lipinski definition) is 1. The molecule has 0 spiro atoms. The van der Waals surface area contributed by atoms with Crippen LogP contribution >= 0.6 is 11.6 Å². The van der Waals surface area contributed by atoms with Crippen molar-refractivity contribution in [3.05, 3.63) is 47.0 Å². The largest absolute Gasteiger partial charge is 0.313 e. The van der Waals surface area contributed by atoms with Crippen LogP contribution in [0.5, 0.6) is 0 Å². The molecule has 0 aliphatic rings. The third kappa shape index (κ3) is 3.66. The van der Waals surface area contributed by atoms with E-state index in [1.807, 2.05) is 26.1 Å². The summed E-state index contributed by atoms with van der Waals surface area (Å²) in [6, 6.07) is 6.65. The van der Waals surface area contributed by atoms with Gasteiger partial charge in [-0.1, -0.05) is 29.8 Å². The summed E-state index contributed by atoms with van der Waals surface area (Å²) < 4.78 is 0. The summed E-state index contributed by atoms with van der Waals surface area (Å²) >= 11 is 6.02. The van der Waals surface area contributed by atoms with Crippen LogP contribution in [0.2, 0.25) is 5.02 Å². The van der Waals surface area contributed by atoms with Crippen LogP contribution in [-0.2, 0) is 0 Å². The number of unbranched alkanes of at least 4 members (excludes halogenated alkanes) is 1. The normalized spacial score (nSPS) is 12.4. The SMILES string of the molecule is C=CCCCC(NC)c1ccc(Cl)c(C)c1. The summed E-state index contributed by atoms with van der Waals surface area (Å²) in [5.74, 6) is 0. The summed E-state index contributed by atoms with van der Waals surface area (Å²) in [5, 5.41) is 4.18. The molecule has 88 valence electrons. The van der Waals surface area contributed by atoms with Crippen molar-refractivity contribution in [3.8, 4) is 0 Å². The summed E-state index contributed by atoms with van der Waals surface area (Å²) in [6.45, 7) is 5.79. The molecule has 1 N–H and O–H groups in total. The van der Waals surface area contributed by atoms with Crippen LogP contribution in [0.25, 0.3) is 0 Å². The Morgan fingerprint density at radius 1 is 1.50 bits per heavy atom. The van der Waals surface area contributed by atoms with Crippen LogP contribution < -0.4 is 5.32 Å². The predicted molar refractivity (Wildman–Crippen MR) is 72.0 cm³/mol. The molecule has 0 heterocycles. The van der Waals surface area contributed by atoms with E-state index < -0.39 is 0 Å². The third-order valence-corrected chi connectivity index (χ3v) is 3.26. The molecule has 0 radical (unpaired) electrons. The van der Waals surface area contributed by atoms with Gasteiger partial charge in [0.05, 0.1) is 0 Å².